The van der Waals surface area contributed by atoms with Crippen molar-refractivity contribution < 1.29 is 8.42 Å². The number of hydrogen-bond donors (Lipinski definition) is 2. The molecule has 6 nitrogen and oxygen atoms in total. The first-order valence-corrected chi connectivity index (χ1v) is 7.26. The number of halogens is 1. The van der Waals surface area contributed by atoms with Gasteiger partial charge in [0.15, 0.2) is 10.3 Å². The van der Waals surface area contributed by atoms with Gasteiger partial charge in [0.25, 0.3) is 0 Å². The second-order valence-electron chi connectivity index (χ2n) is 2.84. The molecule has 1 heterocycles. The number of nitrogens with one attached hydrogen (secondary N) is 2. The average Bonchev–Trinajstić information content (AvgIpc) is 2.52. The molecule has 0 radical (unpaired) electrons. The number of aromatic nitrogens is 1. The van der Waals surface area contributed by atoms with Gasteiger partial charge in [-0.25, -0.2) is 18.1 Å². The lowest BCUT2D eigenvalue weighted by molar-refractivity contribution is 0.589. The third-order valence-corrected chi connectivity index (χ3v) is 3.48. The van der Waals surface area contributed by atoms with Crippen molar-refractivity contribution in [3.05, 3.63) is 10.0 Å². The Morgan fingerprint density at radius 3 is 2.75 bits per heavy atom. The highest BCUT2D eigenvalue weighted by atomic mass is 35.5. The van der Waals surface area contributed by atoms with Crippen molar-refractivity contribution >= 4 is 38.1 Å². The molecule has 0 bridgehead atoms. The summed E-state index contributed by atoms with van der Waals surface area (Å²) in [6, 6.07) is 1.90. The van der Waals surface area contributed by atoms with Crippen molar-refractivity contribution in [3.63, 3.8) is 0 Å². The molecule has 0 aliphatic rings. The first-order chi connectivity index (χ1) is 7.42. The quantitative estimate of drug-likeness (QED) is 0.772. The van der Waals surface area contributed by atoms with Crippen LogP contribution in [-0.2, 0) is 10.0 Å². The van der Waals surface area contributed by atoms with Crippen LogP contribution in [0.1, 0.15) is 4.88 Å². The van der Waals surface area contributed by atoms with Gasteiger partial charge in [0.1, 0.15) is 10.9 Å². The molecule has 0 spiro atoms. The molecule has 0 aromatic carbocycles. The van der Waals surface area contributed by atoms with Crippen molar-refractivity contribution in [1.29, 1.82) is 5.26 Å². The minimum Gasteiger partial charge on any atom is -0.360 e. The number of hydrogen-bond acceptors (Lipinski definition) is 6. The van der Waals surface area contributed by atoms with Gasteiger partial charge in [-0.15, -0.1) is 0 Å². The largest absolute Gasteiger partial charge is 0.360 e. The summed E-state index contributed by atoms with van der Waals surface area (Å²) in [6.07, 6.45) is 1.08. The number of rotatable bonds is 5. The molecule has 0 atom stereocenters. The molecule has 2 N–H and O–H groups in total. The van der Waals surface area contributed by atoms with Crippen LogP contribution in [0.15, 0.2) is 0 Å². The molecule has 0 unspecified atom stereocenters. The number of nitriles is 1. The Morgan fingerprint density at radius 1 is 1.56 bits per heavy atom. The first-order valence-electron chi connectivity index (χ1n) is 4.17. The van der Waals surface area contributed by atoms with Gasteiger partial charge in [-0.2, -0.15) is 5.26 Å². The Kier molecular flexibility index (Phi) is 4.49. The van der Waals surface area contributed by atoms with Crippen molar-refractivity contribution in [3.8, 4) is 6.07 Å². The third kappa shape index (κ3) is 4.32. The smallest absolute Gasteiger partial charge is 0.208 e. The van der Waals surface area contributed by atoms with Crippen LogP contribution in [0.25, 0.3) is 0 Å². The molecule has 0 saturated heterocycles. The highest BCUT2D eigenvalue weighted by Crippen LogP contribution is 2.25. The fourth-order valence-corrected chi connectivity index (χ4v) is 2.30. The van der Waals surface area contributed by atoms with Gasteiger partial charge in [-0.05, 0) is 0 Å². The minimum atomic E-state index is -3.17. The minimum absolute atomic E-state index is 0.158. The van der Waals surface area contributed by atoms with Crippen molar-refractivity contribution in [1.82, 2.24) is 9.71 Å². The van der Waals surface area contributed by atoms with Crippen LogP contribution in [0.4, 0.5) is 5.13 Å². The Balaban J connectivity index is 2.41. The van der Waals surface area contributed by atoms with E-state index in [-0.39, 0.29) is 11.7 Å². The maximum atomic E-state index is 10.7. The van der Waals surface area contributed by atoms with Crippen LogP contribution in [0.3, 0.4) is 0 Å². The lowest BCUT2D eigenvalue weighted by Gasteiger charge is -2.02. The zero-order chi connectivity index (χ0) is 12.2. The number of anilines is 1. The predicted molar refractivity (Wildman–Crippen MR) is 63.2 cm³/mol. The summed E-state index contributed by atoms with van der Waals surface area (Å²) in [5, 5.41) is 12.1. The Morgan fingerprint density at radius 2 is 2.25 bits per heavy atom. The normalized spacial score (nSPS) is 11.1. The molecule has 9 heteroatoms. The first kappa shape index (κ1) is 13.2. The third-order valence-electron chi connectivity index (χ3n) is 1.45. The van der Waals surface area contributed by atoms with E-state index in [0.717, 1.165) is 17.6 Å². The van der Waals surface area contributed by atoms with E-state index in [9.17, 15) is 8.42 Å². The molecule has 16 heavy (non-hydrogen) atoms. The number of sulfonamides is 1. The maximum absolute atomic E-state index is 10.7. The topological polar surface area (TPSA) is 94.9 Å². The molecule has 0 saturated carbocycles. The molecule has 0 aliphatic carbocycles. The summed E-state index contributed by atoms with van der Waals surface area (Å²) in [5.41, 5.74) is 0. The van der Waals surface area contributed by atoms with Gasteiger partial charge in [0, 0.05) is 13.1 Å². The van der Waals surface area contributed by atoms with Gasteiger partial charge >= 0.3 is 0 Å². The zero-order valence-electron chi connectivity index (χ0n) is 8.32. The molecule has 1 aromatic rings. The summed E-state index contributed by atoms with van der Waals surface area (Å²) in [6.45, 7) is 0.625. The van der Waals surface area contributed by atoms with E-state index in [1.807, 2.05) is 6.07 Å². The molecule has 88 valence electrons. The van der Waals surface area contributed by atoms with Crippen molar-refractivity contribution in [2.24, 2.45) is 0 Å². The van der Waals surface area contributed by atoms with Crippen LogP contribution < -0.4 is 10.0 Å². The van der Waals surface area contributed by atoms with Crippen LogP contribution in [0.2, 0.25) is 5.15 Å². The lowest BCUT2D eigenvalue weighted by Crippen LogP contribution is -2.27. The summed E-state index contributed by atoms with van der Waals surface area (Å²) >= 11 is 6.78. The molecular weight excluding hydrogens is 272 g/mol. The number of nitrogens with zero attached hydrogens (tertiary/aromatic N) is 2. The molecule has 0 aliphatic heterocycles. The summed E-state index contributed by atoms with van der Waals surface area (Å²) in [5.74, 6) is 0. The highest BCUT2D eigenvalue weighted by molar-refractivity contribution is 7.88. The Labute approximate surface area is 102 Å². The SMILES string of the molecule is CS(=O)(=O)NCCNc1nc(Cl)c(C#N)s1. The second-order valence-corrected chi connectivity index (χ2v) is 6.03. The van der Waals surface area contributed by atoms with E-state index in [1.165, 1.54) is 0 Å². The molecular formula is C7H9ClN4O2S2. The van der Waals surface area contributed by atoms with Gasteiger partial charge in [-0.3, -0.25) is 0 Å². The van der Waals surface area contributed by atoms with E-state index in [0.29, 0.717) is 16.6 Å². The molecule has 1 rings (SSSR count). The van der Waals surface area contributed by atoms with Crippen LogP contribution >= 0.6 is 22.9 Å². The second kappa shape index (κ2) is 5.45. The maximum Gasteiger partial charge on any atom is 0.208 e. The number of thiazole rings is 1. The monoisotopic (exact) mass is 280 g/mol. The zero-order valence-corrected chi connectivity index (χ0v) is 10.7. The van der Waals surface area contributed by atoms with E-state index >= 15 is 0 Å². The summed E-state index contributed by atoms with van der Waals surface area (Å²) in [4.78, 5) is 4.22. The van der Waals surface area contributed by atoms with Gasteiger partial charge in [0.2, 0.25) is 10.0 Å². The van der Waals surface area contributed by atoms with Crippen molar-refractivity contribution in [2.45, 2.75) is 0 Å². The molecule has 1 aromatic heterocycles. The Hall–Kier alpha value is -0.880. The van der Waals surface area contributed by atoms with Crippen LogP contribution in [0.5, 0.6) is 0 Å². The highest BCUT2D eigenvalue weighted by Gasteiger charge is 2.07. The van der Waals surface area contributed by atoms with Crippen molar-refractivity contribution in [2.75, 3.05) is 24.7 Å². The fraction of sp³-hybridized carbons (Fsp3) is 0.429. The summed E-state index contributed by atoms with van der Waals surface area (Å²) < 4.78 is 23.8. The van der Waals surface area contributed by atoms with Crippen LogP contribution in [0, 0.1) is 11.3 Å². The van der Waals surface area contributed by atoms with E-state index in [1.54, 1.807) is 0 Å². The average molecular weight is 281 g/mol. The van der Waals surface area contributed by atoms with Gasteiger partial charge in [0.05, 0.1) is 6.26 Å². The van der Waals surface area contributed by atoms with E-state index in [2.05, 4.69) is 15.0 Å². The fourth-order valence-electron chi connectivity index (χ4n) is 0.852. The predicted octanol–water partition coefficient (Wildman–Crippen LogP) is 0.629. The molecule has 0 amide bonds. The van der Waals surface area contributed by atoms with Gasteiger partial charge in [-0.1, -0.05) is 22.9 Å². The van der Waals surface area contributed by atoms with E-state index in [4.69, 9.17) is 16.9 Å². The Bertz CT molecular complexity index is 505. The van der Waals surface area contributed by atoms with Gasteiger partial charge < -0.3 is 5.32 Å². The standard InChI is InChI=1S/C7H9ClN4O2S2/c1-16(13,14)11-3-2-10-7-12-6(8)5(4-9)15-7/h11H,2-3H2,1H3,(H,10,12). The summed E-state index contributed by atoms with van der Waals surface area (Å²) in [7, 11) is -3.17. The lowest BCUT2D eigenvalue weighted by atomic mass is 10.6. The molecule has 0 fully saturated rings. The van der Waals surface area contributed by atoms with Crippen LogP contribution in [-0.4, -0.2) is 32.7 Å². The van der Waals surface area contributed by atoms with E-state index < -0.39 is 10.0 Å².